The van der Waals surface area contributed by atoms with Crippen molar-refractivity contribution in [2.45, 2.75) is 26.7 Å². The van der Waals surface area contributed by atoms with Crippen LogP contribution in [0.4, 0.5) is 0 Å². The molecule has 0 amide bonds. The fraction of sp³-hybridized carbons (Fsp3) is 0.458. The smallest absolute Gasteiger partial charge is 0.191 e. The Hall–Kier alpha value is -2.41. The topological polar surface area (TPSA) is 58.1 Å². The number of rotatable bonds is 10. The highest BCUT2D eigenvalue weighted by Gasteiger charge is 2.09. The molecule has 0 saturated carbocycles. The number of morpholine rings is 1. The number of guanidine groups is 1. The highest BCUT2D eigenvalue weighted by atomic mass is 16.5. The van der Waals surface area contributed by atoms with Gasteiger partial charge in [0.2, 0.25) is 0 Å². The summed E-state index contributed by atoms with van der Waals surface area (Å²) < 4.78 is 11.2. The molecule has 0 aliphatic carbocycles. The summed E-state index contributed by atoms with van der Waals surface area (Å²) in [4.78, 5) is 7.13. The molecule has 1 fully saturated rings. The lowest BCUT2D eigenvalue weighted by molar-refractivity contribution is 0.0389. The molecule has 162 valence electrons. The van der Waals surface area contributed by atoms with Gasteiger partial charge in [-0.3, -0.25) is 4.90 Å². The van der Waals surface area contributed by atoms with Crippen LogP contribution in [0, 0.1) is 0 Å². The Balaban J connectivity index is 1.40. The summed E-state index contributed by atoms with van der Waals surface area (Å²) in [6.45, 7) is 10.4. The van der Waals surface area contributed by atoms with Crippen LogP contribution in [0.3, 0.4) is 0 Å². The second-order valence-electron chi connectivity index (χ2n) is 7.37. The van der Waals surface area contributed by atoms with E-state index in [0.29, 0.717) is 19.8 Å². The van der Waals surface area contributed by atoms with E-state index >= 15 is 0 Å². The number of nitrogens with one attached hydrogen (secondary N) is 2. The van der Waals surface area contributed by atoms with Gasteiger partial charge in [0.15, 0.2) is 5.96 Å². The molecular formula is C24H34N4O2. The van der Waals surface area contributed by atoms with Crippen LogP contribution in [0.1, 0.15) is 23.6 Å². The van der Waals surface area contributed by atoms with Gasteiger partial charge >= 0.3 is 0 Å². The van der Waals surface area contributed by atoms with Crippen molar-refractivity contribution in [1.29, 1.82) is 0 Å². The van der Waals surface area contributed by atoms with Crippen molar-refractivity contribution in [3.05, 3.63) is 71.3 Å². The summed E-state index contributed by atoms with van der Waals surface area (Å²) >= 11 is 0. The molecule has 0 atom stereocenters. The molecule has 2 aromatic carbocycles. The van der Waals surface area contributed by atoms with E-state index in [9.17, 15) is 0 Å². The summed E-state index contributed by atoms with van der Waals surface area (Å²) in [5, 5.41) is 6.75. The average Bonchev–Trinajstić information content (AvgIpc) is 2.80. The van der Waals surface area contributed by atoms with Gasteiger partial charge in [-0.15, -0.1) is 0 Å². The molecule has 0 spiro atoms. The lowest BCUT2D eigenvalue weighted by atomic mass is 10.1. The molecule has 2 N–H and O–H groups in total. The van der Waals surface area contributed by atoms with E-state index in [-0.39, 0.29) is 0 Å². The highest BCUT2D eigenvalue weighted by molar-refractivity contribution is 5.79. The normalized spacial score (nSPS) is 15.2. The number of hydrogen-bond donors (Lipinski definition) is 2. The maximum Gasteiger partial charge on any atom is 0.191 e. The fourth-order valence-electron chi connectivity index (χ4n) is 3.27. The molecule has 0 aromatic heterocycles. The first-order chi connectivity index (χ1) is 14.8. The quantitative estimate of drug-likeness (QED) is 0.466. The summed E-state index contributed by atoms with van der Waals surface area (Å²) in [6, 6.07) is 18.7. The SMILES string of the molecule is CCNC(=NCc1ccc(COCc2ccccc2)cc1)NCCN1CCOCC1. The largest absolute Gasteiger partial charge is 0.379 e. The predicted octanol–water partition coefficient (Wildman–Crippen LogP) is 2.79. The molecule has 6 nitrogen and oxygen atoms in total. The minimum Gasteiger partial charge on any atom is -0.379 e. The first kappa shape index (κ1) is 22.3. The summed E-state index contributed by atoms with van der Waals surface area (Å²) in [7, 11) is 0. The van der Waals surface area contributed by atoms with Crippen LogP contribution in [-0.2, 0) is 29.2 Å². The van der Waals surface area contributed by atoms with E-state index in [1.54, 1.807) is 0 Å². The van der Waals surface area contributed by atoms with E-state index in [2.05, 4.69) is 58.9 Å². The van der Waals surface area contributed by atoms with E-state index < -0.39 is 0 Å². The van der Waals surface area contributed by atoms with Gasteiger partial charge in [-0.05, 0) is 23.6 Å². The molecule has 1 saturated heterocycles. The van der Waals surface area contributed by atoms with Gasteiger partial charge < -0.3 is 20.1 Å². The molecule has 2 aromatic rings. The highest BCUT2D eigenvalue weighted by Crippen LogP contribution is 2.09. The van der Waals surface area contributed by atoms with E-state index in [4.69, 9.17) is 14.5 Å². The number of nitrogens with zero attached hydrogens (tertiary/aromatic N) is 2. The van der Waals surface area contributed by atoms with Gasteiger partial charge in [0.25, 0.3) is 0 Å². The molecular weight excluding hydrogens is 376 g/mol. The molecule has 3 rings (SSSR count). The van der Waals surface area contributed by atoms with E-state index in [1.165, 1.54) is 16.7 Å². The second kappa shape index (κ2) is 13.0. The first-order valence-electron chi connectivity index (χ1n) is 10.9. The van der Waals surface area contributed by atoms with Crippen LogP contribution in [0.5, 0.6) is 0 Å². The first-order valence-corrected chi connectivity index (χ1v) is 10.9. The maximum absolute atomic E-state index is 5.81. The molecule has 1 aliphatic rings. The van der Waals surface area contributed by atoms with Crippen molar-refractivity contribution in [2.75, 3.05) is 45.9 Å². The van der Waals surface area contributed by atoms with Crippen LogP contribution < -0.4 is 10.6 Å². The maximum atomic E-state index is 5.81. The van der Waals surface area contributed by atoms with Crippen molar-refractivity contribution in [3.63, 3.8) is 0 Å². The zero-order chi connectivity index (χ0) is 20.9. The number of aliphatic imine (C=N–C) groups is 1. The fourth-order valence-corrected chi connectivity index (χ4v) is 3.27. The van der Waals surface area contributed by atoms with Crippen LogP contribution >= 0.6 is 0 Å². The van der Waals surface area contributed by atoms with E-state index in [0.717, 1.165) is 51.9 Å². The standard InChI is InChI=1S/C24H34N4O2/c1-2-25-24(26-12-13-28-14-16-29-17-15-28)27-18-21-8-10-23(11-9-21)20-30-19-22-6-4-3-5-7-22/h3-11H,2,12-20H2,1H3,(H2,25,26,27). The minimum absolute atomic E-state index is 0.615. The monoisotopic (exact) mass is 410 g/mol. The third-order valence-corrected chi connectivity index (χ3v) is 4.99. The predicted molar refractivity (Wildman–Crippen MR) is 121 cm³/mol. The third kappa shape index (κ3) is 8.14. The minimum atomic E-state index is 0.615. The molecule has 0 radical (unpaired) electrons. The molecule has 30 heavy (non-hydrogen) atoms. The summed E-state index contributed by atoms with van der Waals surface area (Å²) in [5.74, 6) is 0.862. The van der Waals surface area contributed by atoms with Crippen molar-refractivity contribution >= 4 is 5.96 Å². The Morgan fingerprint density at radius 2 is 1.60 bits per heavy atom. The van der Waals surface area contributed by atoms with Crippen LogP contribution in [0.2, 0.25) is 0 Å². The van der Waals surface area contributed by atoms with Crippen molar-refractivity contribution in [3.8, 4) is 0 Å². The van der Waals surface area contributed by atoms with Gasteiger partial charge in [0.1, 0.15) is 0 Å². The Kier molecular flexibility index (Phi) is 9.66. The van der Waals surface area contributed by atoms with Gasteiger partial charge in [-0.2, -0.15) is 0 Å². The van der Waals surface area contributed by atoms with Crippen molar-refractivity contribution in [2.24, 2.45) is 4.99 Å². The molecule has 0 unspecified atom stereocenters. The number of hydrogen-bond acceptors (Lipinski definition) is 4. The lowest BCUT2D eigenvalue weighted by Crippen LogP contribution is -2.44. The summed E-state index contributed by atoms with van der Waals surface area (Å²) in [5.41, 5.74) is 3.56. The summed E-state index contributed by atoms with van der Waals surface area (Å²) in [6.07, 6.45) is 0. The Labute approximate surface area is 180 Å². The van der Waals surface area contributed by atoms with Crippen molar-refractivity contribution < 1.29 is 9.47 Å². The average molecular weight is 411 g/mol. The lowest BCUT2D eigenvalue weighted by Gasteiger charge is -2.26. The zero-order valence-electron chi connectivity index (χ0n) is 18.0. The van der Waals surface area contributed by atoms with Crippen molar-refractivity contribution in [1.82, 2.24) is 15.5 Å². The second-order valence-corrected chi connectivity index (χ2v) is 7.37. The Bertz CT molecular complexity index is 744. The van der Waals surface area contributed by atoms with Crippen LogP contribution in [0.15, 0.2) is 59.6 Å². The molecule has 0 bridgehead atoms. The Morgan fingerprint density at radius 1 is 0.933 bits per heavy atom. The van der Waals surface area contributed by atoms with Crippen LogP contribution in [-0.4, -0.2) is 56.8 Å². The zero-order valence-corrected chi connectivity index (χ0v) is 18.0. The van der Waals surface area contributed by atoms with Gasteiger partial charge in [-0.1, -0.05) is 54.6 Å². The number of benzene rings is 2. The van der Waals surface area contributed by atoms with E-state index in [1.807, 2.05) is 18.2 Å². The van der Waals surface area contributed by atoms with Gasteiger partial charge in [0.05, 0.1) is 33.0 Å². The molecule has 1 heterocycles. The molecule has 6 heteroatoms. The number of ether oxygens (including phenoxy) is 2. The van der Waals surface area contributed by atoms with Crippen LogP contribution in [0.25, 0.3) is 0 Å². The Morgan fingerprint density at radius 3 is 2.30 bits per heavy atom. The molecule has 1 aliphatic heterocycles. The van der Waals surface area contributed by atoms with Gasteiger partial charge in [0, 0.05) is 32.7 Å². The third-order valence-electron chi connectivity index (χ3n) is 4.99. The van der Waals surface area contributed by atoms with Gasteiger partial charge in [-0.25, -0.2) is 4.99 Å².